The van der Waals surface area contributed by atoms with Crippen molar-refractivity contribution < 1.29 is 12.8 Å². The van der Waals surface area contributed by atoms with Gasteiger partial charge >= 0.3 is 0 Å². The second-order valence-corrected chi connectivity index (χ2v) is 10.2. The summed E-state index contributed by atoms with van der Waals surface area (Å²) in [4.78, 5) is 14.4. The summed E-state index contributed by atoms with van der Waals surface area (Å²) < 4.78 is 42.5. The van der Waals surface area contributed by atoms with E-state index >= 15 is 0 Å². The number of nitrogens with zero attached hydrogens (tertiary/aromatic N) is 6. The van der Waals surface area contributed by atoms with Crippen LogP contribution in [0.1, 0.15) is 0 Å². The number of fused-ring (bicyclic) bond motifs is 1. The highest BCUT2D eigenvalue weighted by atomic mass is 32.2. The number of anilines is 1. The number of benzene rings is 1. The number of imidazole rings is 1. The van der Waals surface area contributed by atoms with Crippen LogP contribution in [0.4, 0.5) is 10.3 Å². The molecule has 0 aliphatic carbocycles. The van der Waals surface area contributed by atoms with Gasteiger partial charge in [0.15, 0.2) is 4.96 Å². The first kappa shape index (κ1) is 20.9. The molecular weight excluding hydrogens is 453 g/mol. The van der Waals surface area contributed by atoms with Crippen LogP contribution in [0.25, 0.3) is 27.6 Å². The lowest BCUT2D eigenvalue weighted by atomic mass is 10.1. The predicted molar refractivity (Wildman–Crippen MR) is 121 cm³/mol. The molecule has 12 heteroatoms. The first-order valence-electron chi connectivity index (χ1n) is 9.94. The van der Waals surface area contributed by atoms with Crippen molar-refractivity contribution in [1.82, 2.24) is 28.0 Å². The molecule has 1 aliphatic rings. The minimum atomic E-state index is -3.37. The van der Waals surface area contributed by atoms with Crippen LogP contribution >= 0.6 is 11.3 Å². The lowest BCUT2D eigenvalue weighted by molar-refractivity contribution is 0.459. The maximum Gasteiger partial charge on any atom is 0.281 e. The van der Waals surface area contributed by atoms with Crippen LogP contribution in [-0.2, 0) is 10.2 Å². The lowest BCUT2D eigenvalue weighted by Crippen LogP contribution is -2.34. The van der Waals surface area contributed by atoms with Gasteiger partial charge in [-0.15, -0.1) is 11.3 Å². The summed E-state index contributed by atoms with van der Waals surface area (Å²) in [5, 5.41) is 5.05. The SMILES string of the molecule is CN1CCN(CCNc2nccc(-c3c(-c4ccc(F)cc4)nc4sccn34)n2)S1(=O)=O. The van der Waals surface area contributed by atoms with Gasteiger partial charge in [-0.3, -0.25) is 4.40 Å². The van der Waals surface area contributed by atoms with Gasteiger partial charge < -0.3 is 5.32 Å². The van der Waals surface area contributed by atoms with E-state index in [-0.39, 0.29) is 5.82 Å². The van der Waals surface area contributed by atoms with Crippen molar-refractivity contribution in [2.45, 2.75) is 0 Å². The van der Waals surface area contributed by atoms with Gasteiger partial charge in [-0.1, -0.05) is 0 Å². The second-order valence-electron chi connectivity index (χ2n) is 7.29. The summed E-state index contributed by atoms with van der Waals surface area (Å²) in [5.74, 6) is 0.0822. The Bertz CT molecular complexity index is 1370. The highest BCUT2D eigenvalue weighted by Crippen LogP contribution is 2.33. The van der Waals surface area contributed by atoms with Gasteiger partial charge in [0.1, 0.15) is 11.5 Å². The maximum absolute atomic E-state index is 13.4. The minimum absolute atomic E-state index is 0.309. The van der Waals surface area contributed by atoms with Crippen LogP contribution in [0.3, 0.4) is 0 Å². The molecule has 0 radical (unpaired) electrons. The van der Waals surface area contributed by atoms with Gasteiger partial charge in [0.2, 0.25) is 5.95 Å². The van der Waals surface area contributed by atoms with Crippen molar-refractivity contribution >= 4 is 32.5 Å². The van der Waals surface area contributed by atoms with E-state index in [4.69, 9.17) is 4.98 Å². The fraction of sp³-hybridized carbons (Fsp3) is 0.250. The highest BCUT2D eigenvalue weighted by Gasteiger charge is 2.33. The quantitative estimate of drug-likeness (QED) is 0.463. The molecule has 166 valence electrons. The van der Waals surface area contributed by atoms with E-state index in [0.29, 0.717) is 43.5 Å². The van der Waals surface area contributed by atoms with Crippen molar-refractivity contribution in [3.63, 3.8) is 0 Å². The molecule has 1 fully saturated rings. The third-order valence-corrected chi connectivity index (χ3v) is 8.05. The molecule has 0 saturated carbocycles. The molecule has 1 N–H and O–H groups in total. The van der Waals surface area contributed by atoms with E-state index < -0.39 is 10.2 Å². The summed E-state index contributed by atoms with van der Waals surface area (Å²) in [6.07, 6.45) is 3.56. The summed E-state index contributed by atoms with van der Waals surface area (Å²) in [6, 6.07) is 7.99. The molecule has 9 nitrogen and oxygen atoms in total. The molecule has 1 aliphatic heterocycles. The van der Waals surface area contributed by atoms with Crippen LogP contribution in [0.5, 0.6) is 0 Å². The standard InChI is InChI=1S/C20H20FN7O2S2/c1-26-10-11-27(32(26,29)30)9-8-23-19-22-7-6-16(24-19)18-17(14-2-4-15(21)5-3-14)25-20-28(18)12-13-31-20/h2-7,12-13H,8-11H2,1H3,(H,22,23,24). The normalized spacial score (nSPS) is 16.7. The van der Waals surface area contributed by atoms with Crippen LogP contribution in [-0.4, -0.2) is 69.6 Å². The monoisotopic (exact) mass is 473 g/mol. The molecular formula is C20H20FN7O2S2. The van der Waals surface area contributed by atoms with E-state index in [0.717, 1.165) is 16.2 Å². The molecule has 1 aromatic carbocycles. The van der Waals surface area contributed by atoms with E-state index in [1.54, 1.807) is 31.4 Å². The second kappa shape index (κ2) is 8.20. The van der Waals surface area contributed by atoms with E-state index in [1.807, 2.05) is 16.0 Å². The third-order valence-electron chi connectivity index (χ3n) is 5.31. The predicted octanol–water partition coefficient (Wildman–Crippen LogP) is 2.56. The largest absolute Gasteiger partial charge is 0.353 e. The molecule has 1 saturated heterocycles. The molecule has 5 rings (SSSR count). The first-order chi connectivity index (χ1) is 15.4. The Hall–Kier alpha value is -2.93. The zero-order chi connectivity index (χ0) is 22.3. The van der Waals surface area contributed by atoms with Gasteiger partial charge in [0.25, 0.3) is 10.2 Å². The number of rotatable bonds is 6. The van der Waals surface area contributed by atoms with Crippen molar-refractivity contribution in [1.29, 1.82) is 0 Å². The van der Waals surface area contributed by atoms with Crippen LogP contribution in [0, 0.1) is 5.82 Å². The van der Waals surface area contributed by atoms with E-state index in [9.17, 15) is 12.8 Å². The number of thiazole rings is 1. The van der Waals surface area contributed by atoms with Gasteiger partial charge in [-0.25, -0.2) is 19.3 Å². The number of halogens is 1. The molecule has 4 aromatic rings. The average Bonchev–Trinajstić information content (AvgIpc) is 3.44. The Balaban J connectivity index is 1.41. The van der Waals surface area contributed by atoms with Crippen LogP contribution in [0.2, 0.25) is 0 Å². The van der Waals surface area contributed by atoms with Crippen molar-refractivity contribution in [2.75, 3.05) is 38.5 Å². The number of hydrogen-bond donors (Lipinski definition) is 1. The van der Waals surface area contributed by atoms with Gasteiger partial charge in [0.05, 0.1) is 11.4 Å². The lowest BCUT2D eigenvalue weighted by Gasteiger charge is -2.16. The number of hydrogen-bond acceptors (Lipinski definition) is 7. The molecule has 0 amide bonds. The average molecular weight is 474 g/mol. The number of aromatic nitrogens is 4. The van der Waals surface area contributed by atoms with Crippen molar-refractivity contribution in [3.05, 3.63) is 53.9 Å². The Morgan fingerprint density at radius 2 is 1.97 bits per heavy atom. The number of likely N-dealkylation sites (N-methyl/N-ethyl adjacent to an activating group) is 1. The van der Waals surface area contributed by atoms with Gasteiger partial charge in [-0.2, -0.15) is 17.0 Å². The summed E-state index contributed by atoms with van der Waals surface area (Å²) >= 11 is 1.50. The minimum Gasteiger partial charge on any atom is -0.353 e. The summed E-state index contributed by atoms with van der Waals surface area (Å²) in [7, 11) is -1.80. The highest BCUT2D eigenvalue weighted by molar-refractivity contribution is 7.87. The summed E-state index contributed by atoms with van der Waals surface area (Å²) in [5.41, 5.74) is 2.92. The Morgan fingerprint density at radius 1 is 1.16 bits per heavy atom. The van der Waals surface area contributed by atoms with Gasteiger partial charge in [0, 0.05) is 56.6 Å². The fourth-order valence-electron chi connectivity index (χ4n) is 3.62. The number of nitrogens with one attached hydrogen (secondary N) is 1. The third kappa shape index (κ3) is 3.75. The van der Waals surface area contributed by atoms with E-state index in [1.165, 1.54) is 32.1 Å². The Labute approximate surface area is 188 Å². The zero-order valence-corrected chi connectivity index (χ0v) is 18.8. The topological polar surface area (TPSA) is 95.7 Å². The molecule has 0 unspecified atom stereocenters. The molecule has 32 heavy (non-hydrogen) atoms. The Morgan fingerprint density at radius 3 is 2.72 bits per heavy atom. The smallest absolute Gasteiger partial charge is 0.281 e. The Kier molecular flexibility index (Phi) is 5.37. The molecule has 0 spiro atoms. The van der Waals surface area contributed by atoms with Crippen molar-refractivity contribution in [2.24, 2.45) is 0 Å². The van der Waals surface area contributed by atoms with Crippen molar-refractivity contribution in [3.8, 4) is 22.6 Å². The first-order valence-corrected chi connectivity index (χ1v) is 12.2. The zero-order valence-electron chi connectivity index (χ0n) is 17.1. The van der Waals surface area contributed by atoms with E-state index in [2.05, 4.69) is 15.3 Å². The summed E-state index contributed by atoms with van der Waals surface area (Å²) in [6.45, 7) is 1.65. The van der Waals surface area contributed by atoms with Gasteiger partial charge in [-0.05, 0) is 30.3 Å². The van der Waals surface area contributed by atoms with Crippen LogP contribution < -0.4 is 5.32 Å². The molecule has 0 bridgehead atoms. The fourth-order valence-corrected chi connectivity index (χ4v) is 5.67. The van der Waals surface area contributed by atoms with Crippen LogP contribution in [0.15, 0.2) is 48.1 Å². The maximum atomic E-state index is 13.4. The molecule has 4 heterocycles. The molecule has 0 atom stereocenters. The molecule has 3 aromatic heterocycles.